The summed E-state index contributed by atoms with van der Waals surface area (Å²) >= 11 is 1.58. The Morgan fingerprint density at radius 2 is 1.95 bits per heavy atom. The van der Waals surface area contributed by atoms with Gasteiger partial charge in [0.25, 0.3) is 0 Å². The number of thioether (sulfide) groups is 1. The van der Waals surface area contributed by atoms with E-state index in [0.717, 1.165) is 20.8 Å². The van der Waals surface area contributed by atoms with E-state index in [4.69, 9.17) is 9.47 Å². The second-order valence-electron chi connectivity index (χ2n) is 4.55. The fourth-order valence-corrected chi connectivity index (χ4v) is 2.96. The summed E-state index contributed by atoms with van der Waals surface area (Å²) in [7, 11) is 5.18. The molecule has 1 aromatic heterocycles. The maximum Gasteiger partial charge on any atom is 0.162 e. The van der Waals surface area contributed by atoms with Gasteiger partial charge < -0.3 is 9.47 Å². The number of nitrogens with zero attached hydrogens (tertiary/aromatic N) is 2. The quantitative estimate of drug-likeness (QED) is 0.587. The van der Waals surface area contributed by atoms with Crippen molar-refractivity contribution in [2.24, 2.45) is 7.05 Å². The topological polar surface area (TPSA) is 36.3 Å². The van der Waals surface area contributed by atoms with Crippen LogP contribution in [0.4, 0.5) is 0 Å². The highest BCUT2D eigenvalue weighted by Gasteiger charge is 2.15. The summed E-state index contributed by atoms with van der Waals surface area (Å²) in [6, 6.07) is 3.90. The van der Waals surface area contributed by atoms with Gasteiger partial charge in [-0.15, -0.1) is 0 Å². The summed E-state index contributed by atoms with van der Waals surface area (Å²) in [5.41, 5.74) is 0.995. The lowest BCUT2D eigenvalue weighted by atomic mass is 10.2. The third kappa shape index (κ3) is 3.20. The molecular formula is C17H20N2O2S. The molecule has 116 valence electrons. The Hall–Kier alpha value is -2.14. The third-order valence-electron chi connectivity index (χ3n) is 3.19. The van der Waals surface area contributed by atoms with E-state index in [0.29, 0.717) is 11.5 Å². The highest BCUT2D eigenvalue weighted by atomic mass is 32.2. The van der Waals surface area contributed by atoms with Crippen molar-refractivity contribution in [2.75, 3.05) is 14.2 Å². The minimum Gasteiger partial charge on any atom is -0.493 e. The van der Waals surface area contributed by atoms with Crippen LogP contribution in [0.15, 0.2) is 52.9 Å². The van der Waals surface area contributed by atoms with E-state index in [2.05, 4.69) is 11.7 Å². The molecule has 0 atom stereocenters. The molecule has 0 aliphatic heterocycles. The molecule has 5 heteroatoms. The normalized spacial score (nSPS) is 12.1. The summed E-state index contributed by atoms with van der Waals surface area (Å²) in [5.74, 6) is 1.39. The minimum atomic E-state index is 0.697. The van der Waals surface area contributed by atoms with Gasteiger partial charge >= 0.3 is 0 Å². The number of rotatable bonds is 6. The standard InChI is InChI=1S/C17H20N2O2S/c1-6-8-9-12(7-2)22-17-13-10-15(20-4)16(21-5)11-14(13)19(3)18-17/h6-11H,2H2,1,3-5H3/b8-6-,12-9+. The van der Waals surface area contributed by atoms with Crippen molar-refractivity contribution in [3.63, 3.8) is 0 Å². The number of aromatic nitrogens is 2. The van der Waals surface area contributed by atoms with Gasteiger partial charge in [0.2, 0.25) is 0 Å². The average molecular weight is 316 g/mol. The van der Waals surface area contributed by atoms with E-state index in [1.165, 1.54) is 0 Å². The molecular weight excluding hydrogens is 296 g/mol. The van der Waals surface area contributed by atoms with Gasteiger partial charge in [-0.2, -0.15) is 5.10 Å². The number of allylic oxidation sites excluding steroid dienone is 4. The van der Waals surface area contributed by atoms with Gasteiger partial charge in [-0.3, -0.25) is 4.68 Å². The highest BCUT2D eigenvalue weighted by molar-refractivity contribution is 8.03. The third-order valence-corrected chi connectivity index (χ3v) is 4.22. The number of fused-ring (bicyclic) bond motifs is 1. The van der Waals surface area contributed by atoms with Crippen LogP contribution in [0.3, 0.4) is 0 Å². The lowest BCUT2D eigenvalue weighted by molar-refractivity contribution is 0.355. The number of aryl methyl sites for hydroxylation is 1. The molecule has 0 spiro atoms. The van der Waals surface area contributed by atoms with Crippen LogP contribution < -0.4 is 9.47 Å². The molecule has 0 N–H and O–H groups in total. The largest absolute Gasteiger partial charge is 0.493 e. The SMILES string of the molecule is C=C/C(=C\C=C/C)Sc1nn(C)c2cc(OC)c(OC)cc12. The Morgan fingerprint density at radius 3 is 2.55 bits per heavy atom. The molecule has 0 aliphatic carbocycles. The lowest BCUT2D eigenvalue weighted by Crippen LogP contribution is -1.92. The predicted molar refractivity (Wildman–Crippen MR) is 92.8 cm³/mol. The fourth-order valence-electron chi connectivity index (χ4n) is 2.07. The molecule has 0 aliphatic rings. The Labute approximate surface area is 135 Å². The van der Waals surface area contributed by atoms with Crippen molar-refractivity contribution in [3.8, 4) is 11.5 Å². The van der Waals surface area contributed by atoms with E-state index < -0.39 is 0 Å². The van der Waals surface area contributed by atoms with Crippen LogP contribution in [0.1, 0.15) is 6.92 Å². The molecule has 22 heavy (non-hydrogen) atoms. The van der Waals surface area contributed by atoms with Crippen LogP contribution in [0.25, 0.3) is 10.9 Å². The van der Waals surface area contributed by atoms with Crippen molar-refractivity contribution >= 4 is 22.7 Å². The molecule has 2 aromatic rings. The minimum absolute atomic E-state index is 0.697. The van der Waals surface area contributed by atoms with Crippen LogP contribution in [-0.4, -0.2) is 24.0 Å². The van der Waals surface area contributed by atoms with Crippen molar-refractivity contribution in [1.82, 2.24) is 9.78 Å². The Balaban J connectivity index is 2.53. The van der Waals surface area contributed by atoms with E-state index in [1.54, 1.807) is 26.0 Å². The van der Waals surface area contributed by atoms with Crippen LogP contribution in [-0.2, 0) is 7.05 Å². The Kier molecular flexibility index (Phi) is 5.33. The molecule has 1 heterocycles. The second kappa shape index (κ2) is 7.22. The zero-order valence-corrected chi connectivity index (χ0v) is 14.1. The Morgan fingerprint density at radius 1 is 1.27 bits per heavy atom. The molecule has 0 unspecified atom stereocenters. The van der Waals surface area contributed by atoms with Crippen molar-refractivity contribution in [2.45, 2.75) is 11.9 Å². The first-order chi connectivity index (χ1) is 10.6. The number of hydrogen-bond acceptors (Lipinski definition) is 4. The van der Waals surface area contributed by atoms with Gasteiger partial charge in [0.15, 0.2) is 11.5 Å². The van der Waals surface area contributed by atoms with Gasteiger partial charge in [-0.25, -0.2) is 0 Å². The summed E-state index contributed by atoms with van der Waals surface area (Å²) in [6.07, 6.45) is 7.80. The summed E-state index contributed by atoms with van der Waals surface area (Å²) in [6.45, 7) is 5.84. The predicted octanol–water partition coefficient (Wildman–Crippen LogP) is 4.33. The second-order valence-corrected chi connectivity index (χ2v) is 5.62. The summed E-state index contributed by atoms with van der Waals surface area (Å²) in [4.78, 5) is 1.04. The first-order valence-corrected chi connectivity index (χ1v) is 7.68. The molecule has 1 aromatic carbocycles. The summed E-state index contributed by atoms with van der Waals surface area (Å²) < 4.78 is 12.6. The van der Waals surface area contributed by atoms with Crippen LogP contribution in [0, 0.1) is 0 Å². The van der Waals surface area contributed by atoms with Crippen LogP contribution >= 0.6 is 11.8 Å². The zero-order chi connectivity index (χ0) is 16.1. The summed E-state index contributed by atoms with van der Waals surface area (Å²) in [5, 5.41) is 6.53. The molecule has 4 nitrogen and oxygen atoms in total. The van der Waals surface area contributed by atoms with E-state index in [-0.39, 0.29) is 0 Å². The molecule has 2 rings (SSSR count). The number of ether oxygens (including phenoxy) is 2. The number of hydrogen-bond donors (Lipinski definition) is 0. The molecule has 0 fully saturated rings. The molecule has 0 saturated heterocycles. The molecule has 0 radical (unpaired) electrons. The van der Waals surface area contributed by atoms with Crippen LogP contribution in [0.2, 0.25) is 0 Å². The fraction of sp³-hybridized carbons (Fsp3) is 0.235. The van der Waals surface area contributed by atoms with Gasteiger partial charge in [0.05, 0.1) is 19.7 Å². The lowest BCUT2D eigenvalue weighted by Gasteiger charge is -2.07. The van der Waals surface area contributed by atoms with Crippen molar-refractivity contribution in [1.29, 1.82) is 0 Å². The van der Waals surface area contributed by atoms with Crippen molar-refractivity contribution < 1.29 is 9.47 Å². The smallest absolute Gasteiger partial charge is 0.162 e. The maximum atomic E-state index is 5.39. The Bertz CT molecular complexity index is 745. The zero-order valence-electron chi connectivity index (χ0n) is 13.3. The first kappa shape index (κ1) is 16.2. The molecule has 0 amide bonds. The molecule has 0 bridgehead atoms. The highest BCUT2D eigenvalue weighted by Crippen LogP contribution is 2.38. The van der Waals surface area contributed by atoms with E-state index in [9.17, 15) is 0 Å². The van der Waals surface area contributed by atoms with Gasteiger partial charge in [-0.1, -0.05) is 36.6 Å². The van der Waals surface area contributed by atoms with E-state index >= 15 is 0 Å². The van der Waals surface area contributed by atoms with Crippen molar-refractivity contribution in [3.05, 3.63) is 47.9 Å². The number of benzene rings is 1. The number of methoxy groups -OCH3 is 2. The van der Waals surface area contributed by atoms with Crippen LogP contribution in [0.5, 0.6) is 11.5 Å². The first-order valence-electron chi connectivity index (χ1n) is 6.86. The van der Waals surface area contributed by atoms with E-state index in [1.807, 2.05) is 55.1 Å². The van der Waals surface area contributed by atoms with Gasteiger partial charge in [-0.05, 0) is 19.1 Å². The maximum absolute atomic E-state index is 5.39. The molecule has 0 saturated carbocycles. The van der Waals surface area contributed by atoms with Gasteiger partial charge in [0.1, 0.15) is 5.03 Å². The van der Waals surface area contributed by atoms with Gasteiger partial charge in [0, 0.05) is 23.4 Å². The monoisotopic (exact) mass is 316 g/mol. The average Bonchev–Trinajstić information content (AvgIpc) is 2.85.